The lowest BCUT2D eigenvalue weighted by molar-refractivity contribution is 0.812. The topological polar surface area (TPSA) is 66.5 Å². The molecule has 0 saturated heterocycles. The van der Waals surface area contributed by atoms with Gasteiger partial charge in [-0.15, -0.1) is 10.2 Å². The zero-order chi connectivity index (χ0) is 12.3. The van der Waals surface area contributed by atoms with E-state index in [1.807, 2.05) is 11.6 Å². The fourth-order valence-corrected chi connectivity index (χ4v) is 1.56. The summed E-state index contributed by atoms with van der Waals surface area (Å²) in [4.78, 5) is 0. The fourth-order valence-electron chi connectivity index (χ4n) is 1.37. The van der Waals surface area contributed by atoms with Gasteiger partial charge < -0.3 is 9.88 Å². The lowest BCUT2D eigenvalue weighted by atomic mass is 10.2. The highest BCUT2D eigenvalue weighted by Gasteiger charge is 2.04. The molecule has 0 aliphatic carbocycles. The molecule has 17 heavy (non-hydrogen) atoms. The van der Waals surface area contributed by atoms with Crippen molar-refractivity contribution in [1.82, 2.24) is 14.8 Å². The maximum Gasteiger partial charge on any atom is 0.151 e. The first-order chi connectivity index (χ1) is 8.20. The quantitative estimate of drug-likeness (QED) is 0.900. The van der Waals surface area contributed by atoms with Crippen molar-refractivity contribution in [1.29, 1.82) is 5.26 Å². The Kier molecular flexibility index (Phi) is 3.26. The molecular formula is C11H10ClN5. The maximum absolute atomic E-state index is 8.80. The molecule has 1 heterocycles. The average molecular weight is 248 g/mol. The van der Waals surface area contributed by atoms with Crippen molar-refractivity contribution in [3.8, 4) is 6.07 Å². The van der Waals surface area contributed by atoms with Crippen LogP contribution in [0.5, 0.6) is 0 Å². The molecule has 0 aliphatic heterocycles. The summed E-state index contributed by atoms with van der Waals surface area (Å²) in [6.45, 7) is 0.505. The number of nitriles is 1. The minimum Gasteiger partial charge on any atom is -0.376 e. The summed E-state index contributed by atoms with van der Waals surface area (Å²) in [5.74, 6) is 0.795. The second-order valence-electron chi connectivity index (χ2n) is 3.52. The van der Waals surface area contributed by atoms with E-state index in [1.165, 1.54) is 0 Å². The molecule has 0 fully saturated rings. The molecule has 1 aromatic carbocycles. The predicted octanol–water partition coefficient (Wildman–Crippen LogP) is 1.95. The van der Waals surface area contributed by atoms with E-state index in [2.05, 4.69) is 21.6 Å². The minimum absolute atomic E-state index is 0.505. The van der Waals surface area contributed by atoms with Crippen molar-refractivity contribution in [2.24, 2.45) is 7.05 Å². The van der Waals surface area contributed by atoms with E-state index in [9.17, 15) is 0 Å². The largest absolute Gasteiger partial charge is 0.376 e. The fraction of sp³-hybridized carbons (Fsp3) is 0.182. The van der Waals surface area contributed by atoms with E-state index in [-0.39, 0.29) is 0 Å². The van der Waals surface area contributed by atoms with Crippen LogP contribution in [0.3, 0.4) is 0 Å². The van der Waals surface area contributed by atoms with Crippen molar-refractivity contribution >= 4 is 17.3 Å². The van der Waals surface area contributed by atoms with Crippen LogP contribution in [0.4, 0.5) is 5.69 Å². The van der Waals surface area contributed by atoms with Crippen LogP contribution in [0.1, 0.15) is 11.4 Å². The normalized spacial score (nSPS) is 9.94. The van der Waals surface area contributed by atoms with Gasteiger partial charge in [0.2, 0.25) is 0 Å². The summed E-state index contributed by atoms with van der Waals surface area (Å²) in [7, 11) is 1.87. The van der Waals surface area contributed by atoms with Gasteiger partial charge in [-0.1, -0.05) is 11.6 Å². The molecule has 0 saturated carbocycles. The molecule has 0 aliphatic rings. The standard InChI is InChI=1S/C11H10ClN5/c1-17-7-15-16-11(17)6-14-10-4-8(5-13)2-3-9(10)12/h2-4,7,14H,6H2,1H3. The van der Waals surface area contributed by atoms with Crippen LogP contribution < -0.4 is 5.32 Å². The zero-order valence-electron chi connectivity index (χ0n) is 9.18. The van der Waals surface area contributed by atoms with E-state index in [0.717, 1.165) is 5.82 Å². The summed E-state index contributed by atoms with van der Waals surface area (Å²) in [5, 5.41) is 20.2. The lowest BCUT2D eigenvalue weighted by Gasteiger charge is -2.07. The number of anilines is 1. The number of nitrogens with zero attached hydrogens (tertiary/aromatic N) is 4. The molecule has 86 valence electrons. The second kappa shape index (κ2) is 4.85. The number of aryl methyl sites for hydroxylation is 1. The van der Waals surface area contributed by atoms with Gasteiger partial charge in [-0.3, -0.25) is 0 Å². The zero-order valence-corrected chi connectivity index (χ0v) is 9.94. The van der Waals surface area contributed by atoms with Crippen molar-refractivity contribution in [3.63, 3.8) is 0 Å². The van der Waals surface area contributed by atoms with Crippen molar-refractivity contribution in [2.45, 2.75) is 6.54 Å². The number of hydrogen-bond donors (Lipinski definition) is 1. The number of halogens is 1. The van der Waals surface area contributed by atoms with Crippen molar-refractivity contribution < 1.29 is 0 Å². The van der Waals surface area contributed by atoms with Crippen LogP contribution in [0.25, 0.3) is 0 Å². The van der Waals surface area contributed by atoms with Gasteiger partial charge in [-0.05, 0) is 18.2 Å². The first kappa shape index (κ1) is 11.4. The van der Waals surface area contributed by atoms with E-state index in [1.54, 1.807) is 24.5 Å². The van der Waals surface area contributed by atoms with Crippen LogP contribution in [0.2, 0.25) is 5.02 Å². The summed E-state index contributed by atoms with van der Waals surface area (Å²) in [5.41, 5.74) is 1.28. The molecule has 5 nitrogen and oxygen atoms in total. The van der Waals surface area contributed by atoms with Crippen LogP contribution in [0, 0.1) is 11.3 Å². The Hall–Kier alpha value is -2.06. The molecule has 0 amide bonds. The summed E-state index contributed by atoms with van der Waals surface area (Å²) < 4.78 is 1.81. The highest BCUT2D eigenvalue weighted by molar-refractivity contribution is 6.33. The highest BCUT2D eigenvalue weighted by Crippen LogP contribution is 2.23. The summed E-state index contributed by atoms with van der Waals surface area (Å²) in [6.07, 6.45) is 1.63. The van der Waals surface area contributed by atoms with Crippen LogP contribution in [-0.4, -0.2) is 14.8 Å². The van der Waals surface area contributed by atoms with Gasteiger partial charge in [-0.2, -0.15) is 5.26 Å². The Morgan fingerprint density at radius 3 is 3.00 bits per heavy atom. The summed E-state index contributed by atoms with van der Waals surface area (Å²) in [6, 6.07) is 7.14. The Bertz CT molecular complexity index is 569. The molecule has 1 N–H and O–H groups in total. The third-order valence-corrected chi connectivity index (χ3v) is 2.67. The van der Waals surface area contributed by atoms with E-state index < -0.39 is 0 Å². The molecule has 0 bridgehead atoms. The Labute approximate surface area is 104 Å². The Morgan fingerprint density at radius 2 is 2.35 bits per heavy atom. The molecule has 6 heteroatoms. The first-order valence-corrected chi connectivity index (χ1v) is 5.35. The SMILES string of the molecule is Cn1cnnc1CNc1cc(C#N)ccc1Cl. The maximum atomic E-state index is 8.80. The molecule has 0 spiro atoms. The van der Waals surface area contributed by atoms with Crippen LogP contribution in [0.15, 0.2) is 24.5 Å². The monoisotopic (exact) mass is 247 g/mol. The van der Waals surface area contributed by atoms with Gasteiger partial charge in [-0.25, -0.2) is 0 Å². The van der Waals surface area contributed by atoms with Gasteiger partial charge in [0.25, 0.3) is 0 Å². The second-order valence-corrected chi connectivity index (χ2v) is 3.93. The lowest BCUT2D eigenvalue weighted by Crippen LogP contribution is -2.06. The highest BCUT2D eigenvalue weighted by atomic mass is 35.5. The van der Waals surface area contributed by atoms with Crippen LogP contribution >= 0.6 is 11.6 Å². The van der Waals surface area contributed by atoms with Crippen molar-refractivity contribution in [2.75, 3.05) is 5.32 Å². The Balaban J connectivity index is 2.14. The number of aromatic nitrogens is 3. The van der Waals surface area contributed by atoms with E-state index >= 15 is 0 Å². The third kappa shape index (κ3) is 2.55. The van der Waals surface area contributed by atoms with Gasteiger partial charge in [0.15, 0.2) is 5.82 Å². The molecule has 2 rings (SSSR count). The van der Waals surface area contributed by atoms with Gasteiger partial charge >= 0.3 is 0 Å². The molecular weight excluding hydrogens is 238 g/mol. The molecule has 0 atom stereocenters. The molecule has 0 unspecified atom stereocenters. The molecule has 1 aromatic heterocycles. The van der Waals surface area contributed by atoms with Crippen LogP contribution in [-0.2, 0) is 13.6 Å². The molecule has 0 radical (unpaired) electrons. The van der Waals surface area contributed by atoms with Gasteiger partial charge in [0.1, 0.15) is 6.33 Å². The first-order valence-electron chi connectivity index (χ1n) is 4.97. The van der Waals surface area contributed by atoms with E-state index in [0.29, 0.717) is 22.8 Å². The van der Waals surface area contributed by atoms with Gasteiger partial charge in [0, 0.05) is 7.05 Å². The Morgan fingerprint density at radius 1 is 1.53 bits per heavy atom. The van der Waals surface area contributed by atoms with E-state index in [4.69, 9.17) is 16.9 Å². The third-order valence-electron chi connectivity index (χ3n) is 2.34. The molecule has 2 aromatic rings. The average Bonchev–Trinajstić information content (AvgIpc) is 2.74. The number of nitrogens with one attached hydrogen (secondary N) is 1. The van der Waals surface area contributed by atoms with Gasteiger partial charge in [0.05, 0.1) is 28.9 Å². The minimum atomic E-state index is 0.505. The summed E-state index contributed by atoms with van der Waals surface area (Å²) >= 11 is 6.02. The predicted molar refractivity (Wildman–Crippen MR) is 64.5 cm³/mol. The van der Waals surface area contributed by atoms with Crippen molar-refractivity contribution in [3.05, 3.63) is 40.9 Å². The number of hydrogen-bond acceptors (Lipinski definition) is 4. The number of rotatable bonds is 3. The smallest absolute Gasteiger partial charge is 0.151 e. The number of benzene rings is 1.